The average Bonchev–Trinajstić information content (AvgIpc) is 2.70. The number of piperazine rings is 1. The summed E-state index contributed by atoms with van der Waals surface area (Å²) in [6.45, 7) is 4.94. The summed E-state index contributed by atoms with van der Waals surface area (Å²) < 4.78 is 27.7. The first kappa shape index (κ1) is 22.2. The van der Waals surface area contributed by atoms with Gasteiger partial charge in [-0.1, -0.05) is 35.9 Å². The van der Waals surface area contributed by atoms with Crippen molar-refractivity contribution in [3.8, 4) is 0 Å². The summed E-state index contributed by atoms with van der Waals surface area (Å²) >= 11 is 0. The Kier molecular flexibility index (Phi) is 7.86. The molecule has 1 fully saturated rings. The summed E-state index contributed by atoms with van der Waals surface area (Å²) in [7, 11) is -3.74. The van der Waals surface area contributed by atoms with E-state index in [0.29, 0.717) is 18.8 Å². The number of rotatable bonds is 6. The van der Waals surface area contributed by atoms with Crippen molar-refractivity contribution in [3.63, 3.8) is 0 Å². The second-order valence-electron chi connectivity index (χ2n) is 6.61. The topological polar surface area (TPSA) is 69.7 Å². The van der Waals surface area contributed by atoms with Gasteiger partial charge in [0.1, 0.15) is 0 Å². The Hall–Kier alpha value is -2.09. The molecule has 3 rings (SSSR count). The number of nitrogens with zero attached hydrogens (tertiary/aromatic N) is 2. The van der Waals surface area contributed by atoms with Crippen LogP contribution in [0.5, 0.6) is 0 Å². The van der Waals surface area contributed by atoms with E-state index in [-0.39, 0.29) is 36.2 Å². The molecule has 28 heavy (non-hydrogen) atoms. The van der Waals surface area contributed by atoms with Gasteiger partial charge in [-0.25, -0.2) is 8.42 Å². The lowest BCUT2D eigenvalue weighted by Crippen LogP contribution is -2.47. The van der Waals surface area contributed by atoms with Gasteiger partial charge in [-0.05, 0) is 31.2 Å². The molecule has 2 aromatic carbocycles. The van der Waals surface area contributed by atoms with Crippen LogP contribution >= 0.6 is 12.4 Å². The lowest BCUT2D eigenvalue weighted by molar-refractivity contribution is -0.131. The highest BCUT2D eigenvalue weighted by Gasteiger charge is 2.26. The van der Waals surface area contributed by atoms with E-state index in [0.717, 1.165) is 18.7 Å². The van der Waals surface area contributed by atoms with Crippen LogP contribution in [0.1, 0.15) is 12.0 Å². The first-order chi connectivity index (χ1) is 13.0. The highest BCUT2D eigenvalue weighted by molar-refractivity contribution is 7.92. The van der Waals surface area contributed by atoms with E-state index in [1.165, 1.54) is 4.31 Å². The zero-order valence-electron chi connectivity index (χ0n) is 15.9. The van der Waals surface area contributed by atoms with Crippen LogP contribution in [0.2, 0.25) is 0 Å². The molecule has 0 unspecified atom stereocenters. The number of aryl methyl sites for hydroxylation is 1. The highest BCUT2D eigenvalue weighted by atomic mass is 35.5. The van der Waals surface area contributed by atoms with Gasteiger partial charge in [0, 0.05) is 39.1 Å². The summed E-state index contributed by atoms with van der Waals surface area (Å²) in [5.41, 5.74) is 1.62. The Bertz CT molecular complexity index is 867. The van der Waals surface area contributed by atoms with Gasteiger partial charge in [0.15, 0.2) is 0 Å². The summed E-state index contributed by atoms with van der Waals surface area (Å²) in [6, 6.07) is 15.7. The SMILES string of the molecule is Cc1ccc(N(CCC(=O)N2CCNCC2)S(=O)(=O)c2ccccc2)cc1.Cl. The fourth-order valence-electron chi connectivity index (χ4n) is 3.09. The fourth-order valence-corrected chi connectivity index (χ4v) is 4.57. The van der Waals surface area contributed by atoms with Crippen molar-refractivity contribution in [1.29, 1.82) is 0 Å². The maximum Gasteiger partial charge on any atom is 0.264 e. The highest BCUT2D eigenvalue weighted by Crippen LogP contribution is 2.24. The predicted octanol–water partition coefficient (Wildman–Crippen LogP) is 2.43. The maximum absolute atomic E-state index is 13.2. The number of hydrogen-bond acceptors (Lipinski definition) is 4. The molecule has 1 heterocycles. The number of carbonyl (C=O) groups excluding carboxylic acids is 1. The van der Waals surface area contributed by atoms with Crippen molar-refractivity contribution in [3.05, 3.63) is 60.2 Å². The van der Waals surface area contributed by atoms with E-state index in [9.17, 15) is 13.2 Å². The Morgan fingerprint density at radius 3 is 2.25 bits per heavy atom. The van der Waals surface area contributed by atoms with Crippen LogP contribution in [0.15, 0.2) is 59.5 Å². The number of halogens is 1. The lowest BCUT2D eigenvalue weighted by atomic mass is 10.2. The molecule has 1 N–H and O–H groups in total. The monoisotopic (exact) mass is 423 g/mol. The van der Waals surface area contributed by atoms with E-state index >= 15 is 0 Å². The van der Waals surface area contributed by atoms with Gasteiger partial charge in [0.25, 0.3) is 10.0 Å². The van der Waals surface area contributed by atoms with E-state index in [1.807, 2.05) is 19.1 Å². The Balaban J connectivity index is 0.00000280. The van der Waals surface area contributed by atoms with Crippen molar-refractivity contribution in [2.45, 2.75) is 18.2 Å². The largest absolute Gasteiger partial charge is 0.340 e. The van der Waals surface area contributed by atoms with Crippen molar-refractivity contribution in [2.24, 2.45) is 0 Å². The zero-order valence-corrected chi connectivity index (χ0v) is 17.5. The van der Waals surface area contributed by atoms with Crippen LogP contribution in [-0.2, 0) is 14.8 Å². The second-order valence-corrected chi connectivity index (χ2v) is 8.47. The van der Waals surface area contributed by atoms with Crippen LogP contribution in [0.3, 0.4) is 0 Å². The molecule has 0 aromatic heterocycles. The fraction of sp³-hybridized carbons (Fsp3) is 0.350. The number of benzene rings is 2. The lowest BCUT2D eigenvalue weighted by Gasteiger charge is -2.29. The number of sulfonamides is 1. The molecule has 0 bridgehead atoms. The molecule has 1 amide bonds. The molecule has 1 aliphatic rings. The van der Waals surface area contributed by atoms with Gasteiger partial charge in [0.05, 0.1) is 10.6 Å². The molecule has 0 saturated carbocycles. The van der Waals surface area contributed by atoms with Gasteiger partial charge in [-0.3, -0.25) is 9.10 Å². The third-order valence-electron chi connectivity index (χ3n) is 4.65. The van der Waals surface area contributed by atoms with Gasteiger partial charge < -0.3 is 10.2 Å². The summed E-state index contributed by atoms with van der Waals surface area (Å²) in [6.07, 6.45) is 0.153. The van der Waals surface area contributed by atoms with E-state index < -0.39 is 10.0 Å². The number of nitrogens with one attached hydrogen (secondary N) is 1. The number of amides is 1. The minimum absolute atomic E-state index is 0. The molecular formula is C20H26ClN3O3S. The maximum atomic E-state index is 13.2. The molecule has 6 nitrogen and oxygen atoms in total. The Morgan fingerprint density at radius 2 is 1.64 bits per heavy atom. The van der Waals surface area contributed by atoms with Crippen molar-refractivity contribution < 1.29 is 13.2 Å². The smallest absolute Gasteiger partial charge is 0.264 e. The van der Waals surface area contributed by atoms with E-state index in [2.05, 4.69) is 5.32 Å². The first-order valence-corrected chi connectivity index (χ1v) is 10.6. The van der Waals surface area contributed by atoms with Crippen LogP contribution in [0, 0.1) is 6.92 Å². The third kappa shape index (κ3) is 5.25. The number of hydrogen-bond donors (Lipinski definition) is 1. The molecule has 0 atom stereocenters. The Morgan fingerprint density at radius 1 is 1.04 bits per heavy atom. The molecule has 1 aliphatic heterocycles. The number of carbonyl (C=O) groups is 1. The van der Waals surface area contributed by atoms with Crippen LogP contribution < -0.4 is 9.62 Å². The average molecular weight is 424 g/mol. The van der Waals surface area contributed by atoms with Gasteiger partial charge >= 0.3 is 0 Å². The van der Waals surface area contributed by atoms with Gasteiger partial charge in [-0.15, -0.1) is 12.4 Å². The molecule has 0 spiro atoms. The minimum atomic E-state index is -3.74. The van der Waals surface area contributed by atoms with Crippen molar-refractivity contribution in [2.75, 3.05) is 37.0 Å². The van der Waals surface area contributed by atoms with Crippen LogP contribution in [-0.4, -0.2) is 51.9 Å². The minimum Gasteiger partial charge on any atom is -0.340 e. The van der Waals surface area contributed by atoms with Crippen molar-refractivity contribution in [1.82, 2.24) is 10.2 Å². The molecular weight excluding hydrogens is 398 g/mol. The van der Waals surface area contributed by atoms with Crippen LogP contribution in [0.4, 0.5) is 5.69 Å². The second kappa shape index (κ2) is 9.91. The predicted molar refractivity (Wildman–Crippen MR) is 113 cm³/mol. The van der Waals surface area contributed by atoms with Crippen molar-refractivity contribution >= 4 is 34.0 Å². The summed E-state index contributed by atoms with van der Waals surface area (Å²) in [4.78, 5) is 14.5. The first-order valence-electron chi connectivity index (χ1n) is 9.11. The standard InChI is InChI=1S/C20H25N3O3S.ClH/c1-17-7-9-18(10-8-17)23(27(25,26)19-5-3-2-4-6-19)14-11-20(24)22-15-12-21-13-16-22;/h2-10,21H,11-16H2,1H3;1H. The zero-order chi connectivity index (χ0) is 19.3. The van der Waals surface area contributed by atoms with Gasteiger partial charge in [-0.2, -0.15) is 0 Å². The summed E-state index contributed by atoms with van der Waals surface area (Å²) in [5, 5.41) is 3.21. The normalized spacial score (nSPS) is 14.2. The summed E-state index contributed by atoms with van der Waals surface area (Å²) in [5.74, 6) is -0.0168. The molecule has 0 aliphatic carbocycles. The number of anilines is 1. The Labute approximate surface area is 173 Å². The van der Waals surface area contributed by atoms with Crippen LogP contribution in [0.25, 0.3) is 0 Å². The van der Waals surface area contributed by atoms with Gasteiger partial charge in [0.2, 0.25) is 5.91 Å². The molecule has 8 heteroatoms. The third-order valence-corrected chi connectivity index (χ3v) is 6.49. The molecule has 152 valence electrons. The molecule has 1 saturated heterocycles. The van der Waals surface area contributed by atoms with E-state index in [4.69, 9.17) is 0 Å². The van der Waals surface area contributed by atoms with E-state index in [1.54, 1.807) is 47.4 Å². The molecule has 0 radical (unpaired) electrons. The molecule has 2 aromatic rings. The quantitative estimate of drug-likeness (QED) is 0.774.